The molecule has 2 rings (SSSR count). The van der Waals surface area contributed by atoms with Crippen LogP contribution in [0, 0.1) is 0 Å². The van der Waals surface area contributed by atoms with Gasteiger partial charge in [-0.15, -0.1) is 0 Å². The largest absolute Gasteiger partial charge is 0.343 e. The van der Waals surface area contributed by atoms with Crippen molar-refractivity contribution in [2.45, 2.75) is 26.2 Å². The van der Waals surface area contributed by atoms with Crippen molar-refractivity contribution in [1.29, 1.82) is 0 Å². The number of hydrogen-bond donors (Lipinski definition) is 1. The molecule has 0 radical (unpaired) electrons. The zero-order valence-corrected chi connectivity index (χ0v) is 14.7. The number of para-hydroxylation sites is 1. The fourth-order valence-electron chi connectivity index (χ4n) is 2.50. The van der Waals surface area contributed by atoms with Crippen LogP contribution in [-0.2, 0) is 10.2 Å². The maximum Gasteiger partial charge on any atom is 0.251 e. The summed E-state index contributed by atoms with van der Waals surface area (Å²) in [5.41, 5.74) is 2.43. The van der Waals surface area contributed by atoms with E-state index in [1.165, 1.54) is 0 Å². The van der Waals surface area contributed by atoms with E-state index in [0.717, 1.165) is 11.3 Å². The Morgan fingerprint density at radius 3 is 2.17 bits per heavy atom. The summed E-state index contributed by atoms with van der Waals surface area (Å²) < 4.78 is 0. The molecule has 0 aliphatic rings. The van der Waals surface area contributed by atoms with Crippen LogP contribution in [0.25, 0.3) is 0 Å². The first-order valence-corrected chi connectivity index (χ1v) is 8.00. The molecular formula is C20H24N2O2. The highest BCUT2D eigenvalue weighted by molar-refractivity contribution is 6.00. The molecule has 0 saturated carbocycles. The highest BCUT2D eigenvalue weighted by atomic mass is 16.2. The minimum Gasteiger partial charge on any atom is -0.343 e. The van der Waals surface area contributed by atoms with Gasteiger partial charge in [-0.25, -0.2) is 0 Å². The summed E-state index contributed by atoms with van der Waals surface area (Å²) in [6.07, 6.45) is 0. The van der Waals surface area contributed by atoms with Crippen LogP contribution >= 0.6 is 0 Å². The minimum absolute atomic E-state index is 0.0390. The lowest BCUT2D eigenvalue weighted by atomic mass is 9.85. The molecule has 0 aliphatic carbocycles. The Balaban J connectivity index is 2.07. The molecule has 0 bridgehead atoms. The fraction of sp³-hybridized carbons (Fsp3) is 0.300. The minimum atomic E-state index is -0.249. The van der Waals surface area contributed by atoms with Gasteiger partial charge in [0, 0.05) is 18.3 Å². The van der Waals surface area contributed by atoms with Crippen molar-refractivity contribution in [3.05, 3.63) is 65.7 Å². The highest BCUT2D eigenvalue weighted by Gasteiger charge is 2.22. The second-order valence-electron chi connectivity index (χ2n) is 6.77. The number of rotatable bonds is 4. The average Bonchev–Trinajstić information content (AvgIpc) is 2.58. The predicted molar refractivity (Wildman–Crippen MR) is 97.3 cm³/mol. The number of likely N-dealkylation sites (N-methyl/N-ethyl adjacent to an activating group) is 1. The lowest BCUT2D eigenvalue weighted by Gasteiger charge is -2.27. The molecule has 126 valence electrons. The summed E-state index contributed by atoms with van der Waals surface area (Å²) in [5, 5.41) is 2.68. The standard InChI is InChI=1S/C20H24N2O2/c1-20(2,3)16-12-8-9-13-17(16)22(4)18(23)14-21-19(24)15-10-6-5-7-11-15/h5-13H,14H2,1-4H3,(H,21,24). The first-order chi connectivity index (χ1) is 11.3. The van der Waals surface area contributed by atoms with Crippen molar-refractivity contribution in [3.8, 4) is 0 Å². The van der Waals surface area contributed by atoms with Crippen LogP contribution in [0.5, 0.6) is 0 Å². The van der Waals surface area contributed by atoms with E-state index >= 15 is 0 Å². The van der Waals surface area contributed by atoms with E-state index in [0.29, 0.717) is 5.56 Å². The molecule has 0 heterocycles. The summed E-state index contributed by atoms with van der Waals surface area (Å²) in [5.74, 6) is -0.405. The number of nitrogens with one attached hydrogen (secondary N) is 1. The maximum absolute atomic E-state index is 12.5. The quantitative estimate of drug-likeness (QED) is 0.937. The monoisotopic (exact) mass is 324 g/mol. The molecule has 1 N–H and O–H groups in total. The summed E-state index contributed by atoms with van der Waals surface area (Å²) >= 11 is 0. The number of anilines is 1. The number of nitrogens with zero attached hydrogens (tertiary/aromatic N) is 1. The van der Waals surface area contributed by atoms with E-state index < -0.39 is 0 Å². The molecule has 0 unspecified atom stereocenters. The zero-order valence-electron chi connectivity index (χ0n) is 14.7. The van der Waals surface area contributed by atoms with Gasteiger partial charge in [0.1, 0.15) is 0 Å². The molecule has 24 heavy (non-hydrogen) atoms. The Morgan fingerprint density at radius 2 is 1.54 bits per heavy atom. The van der Waals surface area contributed by atoms with E-state index in [9.17, 15) is 9.59 Å². The fourth-order valence-corrected chi connectivity index (χ4v) is 2.50. The topological polar surface area (TPSA) is 49.4 Å². The average molecular weight is 324 g/mol. The van der Waals surface area contributed by atoms with Gasteiger partial charge in [0.05, 0.1) is 6.54 Å². The van der Waals surface area contributed by atoms with Gasteiger partial charge in [-0.3, -0.25) is 9.59 Å². The second-order valence-corrected chi connectivity index (χ2v) is 6.77. The van der Waals surface area contributed by atoms with Crippen molar-refractivity contribution in [2.75, 3.05) is 18.5 Å². The Labute approximate surface area is 143 Å². The summed E-state index contributed by atoms with van der Waals surface area (Å²) in [6.45, 7) is 6.30. The van der Waals surface area contributed by atoms with Crippen molar-refractivity contribution in [2.24, 2.45) is 0 Å². The maximum atomic E-state index is 12.5. The van der Waals surface area contributed by atoms with Gasteiger partial charge < -0.3 is 10.2 Å². The molecule has 0 aromatic heterocycles. The first kappa shape index (κ1) is 17.7. The number of amides is 2. The van der Waals surface area contributed by atoms with Crippen LogP contribution in [0.2, 0.25) is 0 Å². The van der Waals surface area contributed by atoms with Gasteiger partial charge in [0.2, 0.25) is 5.91 Å². The number of carbonyl (C=O) groups is 2. The molecule has 2 amide bonds. The molecule has 4 nitrogen and oxygen atoms in total. The predicted octanol–water partition coefficient (Wildman–Crippen LogP) is 3.38. The third kappa shape index (κ3) is 4.22. The normalized spacial score (nSPS) is 11.0. The van der Waals surface area contributed by atoms with E-state index in [1.807, 2.05) is 30.3 Å². The Bertz CT molecular complexity index is 718. The Kier molecular flexibility index (Phi) is 5.39. The Hall–Kier alpha value is -2.62. The first-order valence-electron chi connectivity index (χ1n) is 8.00. The molecule has 0 saturated heterocycles. The molecule has 2 aromatic carbocycles. The van der Waals surface area contributed by atoms with Crippen LogP contribution in [0.1, 0.15) is 36.7 Å². The van der Waals surface area contributed by atoms with Crippen LogP contribution in [-0.4, -0.2) is 25.4 Å². The number of carbonyl (C=O) groups excluding carboxylic acids is 2. The smallest absolute Gasteiger partial charge is 0.251 e. The Morgan fingerprint density at radius 1 is 0.958 bits per heavy atom. The van der Waals surface area contributed by atoms with Gasteiger partial charge in [0.15, 0.2) is 0 Å². The summed E-state index contributed by atoms with van der Waals surface area (Å²) in [7, 11) is 1.74. The molecule has 2 aromatic rings. The van der Waals surface area contributed by atoms with E-state index in [-0.39, 0.29) is 23.8 Å². The molecule has 0 aliphatic heterocycles. The molecule has 0 spiro atoms. The van der Waals surface area contributed by atoms with E-state index in [4.69, 9.17) is 0 Å². The molecule has 0 atom stereocenters. The van der Waals surface area contributed by atoms with Gasteiger partial charge in [0.25, 0.3) is 5.91 Å². The summed E-state index contributed by atoms with van der Waals surface area (Å²) in [6, 6.07) is 16.7. The van der Waals surface area contributed by atoms with Gasteiger partial charge in [-0.05, 0) is 29.2 Å². The SMILES string of the molecule is CN(C(=O)CNC(=O)c1ccccc1)c1ccccc1C(C)(C)C. The van der Waals surface area contributed by atoms with Gasteiger partial charge >= 0.3 is 0 Å². The number of hydrogen-bond acceptors (Lipinski definition) is 2. The highest BCUT2D eigenvalue weighted by Crippen LogP contribution is 2.31. The van der Waals surface area contributed by atoms with Crippen molar-refractivity contribution in [1.82, 2.24) is 5.32 Å². The van der Waals surface area contributed by atoms with Crippen LogP contribution < -0.4 is 10.2 Å². The van der Waals surface area contributed by atoms with Crippen molar-refractivity contribution >= 4 is 17.5 Å². The molecular weight excluding hydrogens is 300 g/mol. The molecule has 4 heteroatoms. The van der Waals surface area contributed by atoms with Crippen molar-refractivity contribution in [3.63, 3.8) is 0 Å². The van der Waals surface area contributed by atoms with Crippen LogP contribution in [0.3, 0.4) is 0 Å². The lowest BCUT2D eigenvalue weighted by Crippen LogP contribution is -2.39. The zero-order chi connectivity index (χ0) is 17.7. The third-order valence-corrected chi connectivity index (χ3v) is 3.88. The third-order valence-electron chi connectivity index (χ3n) is 3.88. The number of benzene rings is 2. The molecule has 0 fully saturated rings. The van der Waals surface area contributed by atoms with Gasteiger partial charge in [-0.2, -0.15) is 0 Å². The lowest BCUT2D eigenvalue weighted by molar-refractivity contribution is -0.117. The van der Waals surface area contributed by atoms with Crippen LogP contribution in [0.4, 0.5) is 5.69 Å². The summed E-state index contributed by atoms with van der Waals surface area (Å²) in [4.78, 5) is 26.1. The van der Waals surface area contributed by atoms with E-state index in [2.05, 4.69) is 26.1 Å². The second kappa shape index (κ2) is 7.30. The van der Waals surface area contributed by atoms with Crippen LogP contribution in [0.15, 0.2) is 54.6 Å². The van der Waals surface area contributed by atoms with Crippen molar-refractivity contribution < 1.29 is 9.59 Å². The van der Waals surface area contributed by atoms with Gasteiger partial charge in [-0.1, -0.05) is 57.2 Å². The van der Waals surface area contributed by atoms with E-state index in [1.54, 1.807) is 36.2 Å².